The number of halogens is 4. The van der Waals surface area contributed by atoms with E-state index in [2.05, 4.69) is 16.4 Å². The topological polar surface area (TPSA) is 75.0 Å². The van der Waals surface area contributed by atoms with Crippen LogP contribution in [0.15, 0.2) is 66.9 Å². The number of ether oxygens (including phenoxy) is 1. The molecule has 0 unspecified atom stereocenters. The van der Waals surface area contributed by atoms with E-state index in [1.165, 1.54) is 13.8 Å². The fourth-order valence-electron chi connectivity index (χ4n) is 3.42. The molecule has 5 nitrogen and oxygen atoms in total. The maximum absolute atomic E-state index is 12.9. The number of hydrogen-bond donors (Lipinski definition) is 1. The van der Waals surface area contributed by atoms with Crippen molar-refractivity contribution in [1.29, 1.82) is 5.26 Å². The van der Waals surface area contributed by atoms with Crippen LogP contribution >= 0.6 is 11.6 Å². The zero-order chi connectivity index (χ0) is 25.6. The van der Waals surface area contributed by atoms with Crippen molar-refractivity contribution in [2.24, 2.45) is 0 Å². The molecule has 1 atom stereocenters. The fraction of sp³-hybridized carbons (Fsp3) is 0.269. The lowest BCUT2D eigenvalue weighted by Crippen LogP contribution is -2.47. The Morgan fingerprint density at radius 3 is 2.46 bits per heavy atom. The number of alkyl halides is 3. The van der Waals surface area contributed by atoms with Crippen LogP contribution in [0, 0.1) is 11.3 Å². The summed E-state index contributed by atoms with van der Waals surface area (Å²) in [6, 6.07) is 18.6. The van der Waals surface area contributed by atoms with Crippen molar-refractivity contribution in [3.63, 3.8) is 0 Å². The zero-order valence-electron chi connectivity index (χ0n) is 19.1. The van der Waals surface area contributed by atoms with E-state index in [0.29, 0.717) is 23.2 Å². The molecule has 0 radical (unpaired) electrons. The molecule has 0 bridgehead atoms. The van der Waals surface area contributed by atoms with Crippen molar-refractivity contribution in [3.8, 4) is 11.9 Å². The molecule has 1 aromatic heterocycles. The molecule has 0 aliphatic rings. The van der Waals surface area contributed by atoms with Crippen molar-refractivity contribution in [3.05, 3.63) is 94.1 Å². The summed E-state index contributed by atoms with van der Waals surface area (Å²) >= 11 is 5.99. The molecule has 35 heavy (non-hydrogen) atoms. The van der Waals surface area contributed by atoms with Gasteiger partial charge in [0.15, 0.2) is 5.60 Å². The smallest absolute Gasteiger partial charge is 0.417 e. The summed E-state index contributed by atoms with van der Waals surface area (Å²) in [5.74, 6) is -0.720. The number of hydrogen-bond acceptors (Lipinski definition) is 4. The van der Waals surface area contributed by atoms with Crippen LogP contribution in [0.1, 0.15) is 42.0 Å². The zero-order valence-corrected chi connectivity index (χ0v) is 19.8. The standard InChI is InChI=1S/C26H23ClF3N3O2/c1-25(2,35-23-11-8-21(16-32-23)26(28,29)30)24(34)33-15-20(12-17-6-9-22(27)10-7-17)19-5-3-4-18(13-19)14-31/h3-11,13,16,20H,12,15H2,1-2H3,(H,33,34)/t20-/m1/s1. The average molecular weight is 502 g/mol. The quantitative estimate of drug-likeness (QED) is 0.415. The summed E-state index contributed by atoms with van der Waals surface area (Å²) in [6.07, 6.45) is -3.28. The highest BCUT2D eigenvalue weighted by Crippen LogP contribution is 2.30. The maximum atomic E-state index is 12.9. The number of nitrogens with zero attached hydrogens (tertiary/aromatic N) is 2. The molecule has 0 aliphatic carbocycles. The first kappa shape index (κ1) is 26.0. The van der Waals surface area contributed by atoms with E-state index in [1.807, 2.05) is 18.2 Å². The minimum atomic E-state index is -4.51. The Labute approximate surface area is 206 Å². The van der Waals surface area contributed by atoms with Gasteiger partial charge in [-0.2, -0.15) is 18.4 Å². The summed E-state index contributed by atoms with van der Waals surface area (Å²) in [6.45, 7) is 3.25. The molecule has 0 saturated heterocycles. The highest BCUT2D eigenvalue weighted by Gasteiger charge is 2.33. The Morgan fingerprint density at radius 2 is 1.86 bits per heavy atom. The Morgan fingerprint density at radius 1 is 1.14 bits per heavy atom. The number of pyridine rings is 1. The van der Waals surface area contributed by atoms with E-state index < -0.39 is 23.2 Å². The first-order valence-electron chi connectivity index (χ1n) is 10.7. The minimum Gasteiger partial charge on any atom is -0.462 e. The van der Waals surface area contributed by atoms with Crippen molar-refractivity contribution < 1.29 is 22.7 Å². The Balaban J connectivity index is 1.72. The van der Waals surface area contributed by atoms with Gasteiger partial charge < -0.3 is 10.1 Å². The number of benzene rings is 2. The number of nitrogens with one attached hydrogen (secondary N) is 1. The Hall–Kier alpha value is -3.57. The van der Waals surface area contributed by atoms with Gasteiger partial charge in [0.1, 0.15) is 0 Å². The molecule has 2 aromatic carbocycles. The van der Waals surface area contributed by atoms with Crippen LogP contribution in [0.4, 0.5) is 13.2 Å². The summed E-state index contributed by atoms with van der Waals surface area (Å²) in [5, 5.41) is 12.7. The molecule has 1 N–H and O–H groups in total. The second-order valence-electron chi connectivity index (χ2n) is 8.47. The van der Waals surface area contributed by atoms with Crippen LogP contribution in [0.5, 0.6) is 5.88 Å². The number of nitriles is 1. The molecular weight excluding hydrogens is 479 g/mol. The molecule has 0 aliphatic heterocycles. The number of aromatic nitrogens is 1. The predicted octanol–water partition coefficient (Wildman–Crippen LogP) is 5.93. The van der Waals surface area contributed by atoms with Gasteiger partial charge in [-0.3, -0.25) is 4.79 Å². The summed E-state index contributed by atoms with van der Waals surface area (Å²) < 4.78 is 43.9. The molecule has 0 saturated carbocycles. The molecule has 3 rings (SSSR count). The molecule has 1 amide bonds. The summed E-state index contributed by atoms with van der Waals surface area (Å²) in [4.78, 5) is 16.6. The monoisotopic (exact) mass is 501 g/mol. The normalized spacial score (nSPS) is 12.5. The van der Waals surface area contributed by atoms with E-state index in [1.54, 1.807) is 30.3 Å². The third kappa shape index (κ3) is 7.20. The SMILES string of the molecule is CC(C)(Oc1ccc(C(F)(F)F)cn1)C(=O)NC[C@@H](Cc1ccc(Cl)cc1)c1cccc(C#N)c1. The van der Waals surface area contributed by atoms with Gasteiger partial charge >= 0.3 is 6.18 Å². The van der Waals surface area contributed by atoms with Crippen molar-refractivity contribution in [2.45, 2.75) is 38.0 Å². The van der Waals surface area contributed by atoms with Gasteiger partial charge in [-0.1, -0.05) is 35.9 Å². The highest BCUT2D eigenvalue weighted by molar-refractivity contribution is 6.30. The molecule has 1 heterocycles. The van der Waals surface area contributed by atoms with E-state index in [9.17, 15) is 23.2 Å². The van der Waals surface area contributed by atoms with Crippen LogP contribution < -0.4 is 10.1 Å². The Bertz CT molecular complexity index is 1200. The van der Waals surface area contributed by atoms with Gasteiger partial charge in [-0.25, -0.2) is 4.98 Å². The highest BCUT2D eigenvalue weighted by atomic mass is 35.5. The molecule has 3 aromatic rings. The third-order valence-corrected chi connectivity index (χ3v) is 5.61. The lowest BCUT2D eigenvalue weighted by Gasteiger charge is -2.26. The van der Waals surface area contributed by atoms with Gasteiger partial charge in [-0.05, 0) is 61.7 Å². The lowest BCUT2D eigenvalue weighted by molar-refractivity contribution is -0.138. The summed E-state index contributed by atoms with van der Waals surface area (Å²) in [7, 11) is 0. The number of amides is 1. The van der Waals surface area contributed by atoms with Crippen LogP contribution in [-0.2, 0) is 17.4 Å². The summed E-state index contributed by atoms with van der Waals surface area (Å²) in [5.41, 5.74) is 0.0816. The first-order valence-corrected chi connectivity index (χ1v) is 11.1. The van der Waals surface area contributed by atoms with Crippen LogP contribution in [0.25, 0.3) is 0 Å². The average Bonchev–Trinajstić information content (AvgIpc) is 2.82. The second kappa shape index (κ2) is 10.8. The van der Waals surface area contributed by atoms with E-state index >= 15 is 0 Å². The van der Waals surface area contributed by atoms with Crippen LogP contribution in [-0.4, -0.2) is 23.0 Å². The largest absolute Gasteiger partial charge is 0.462 e. The van der Waals surface area contributed by atoms with Gasteiger partial charge in [0, 0.05) is 29.7 Å². The van der Waals surface area contributed by atoms with Gasteiger partial charge in [-0.15, -0.1) is 0 Å². The van der Waals surface area contributed by atoms with Crippen LogP contribution in [0.3, 0.4) is 0 Å². The Kier molecular flexibility index (Phi) is 8.03. The molecule has 0 spiro atoms. The van der Waals surface area contributed by atoms with Gasteiger partial charge in [0.05, 0.1) is 17.2 Å². The molecule has 0 fully saturated rings. The van der Waals surface area contributed by atoms with E-state index in [-0.39, 0.29) is 18.3 Å². The molecule has 182 valence electrons. The van der Waals surface area contributed by atoms with Crippen molar-refractivity contribution >= 4 is 17.5 Å². The fourth-order valence-corrected chi connectivity index (χ4v) is 3.55. The molecular formula is C26H23ClF3N3O2. The van der Waals surface area contributed by atoms with Crippen molar-refractivity contribution in [1.82, 2.24) is 10.3 Å². The van der Waals surface area contributed by atoms with Gasteiger partial charge in [0.2, 0.25) is 5.88 Å². The van der Waals surface area contributed by atoms with E-state index in [4.69, 9.17) is 16.3 Å². The van der Waals surface area contributed by atoms with Crippen LogP contribution in [0.2, 0.25) is 5.02 Å². The third-order valence-electron chi connectivity index (χ3n) is 5.36. The van der Waals surface area contributed by atoms with Crippen molar-refractivity contribution in [2.75, 3.05) is 6.54 Å². The predicted molar refractivity (Wildman–Crippen MR) is 126 cm³/mol. The second-order valence-corrected chi connectivity index (χ2v) is 8.91. The minimum absolute atomic E-state index is 0.0995. The number of rotatable bonds is 8. The lowest BCUT2D eigenvalue weighted by atomic mass is 9.90. The number of carbonyl (C=O) groups is 1. The number of carbonyl (C=O) groups excluding carboxylic acids is 1. The van der Waals surface area contributed by atoms with Gasteiger partial charge in [0.25, 0.3) is 5.91 Å². The molecule has 9 heteroatoms. The van der Waals surface area contributed by atoms with E-state index in [0.717, 1.165) is 23.3 Å². The maximum Gasteiger partial charge on any atom is 0.417 e. The first-order chi connectivity index (χ1) is 16.5.